The van der Waals surface area contributed by atoms with Gasteiger partial charge in [-0.25, -0.2) is 23.1 Å². The van der Waals surface area contributed by atoms with E-state index < -0.39 is 10.0 Å². The van der Waals surface area contributed by atoms with Crippen LogP contribution in [0, 0.1) is 27.7 Å². The first-order chi connectivity index (χ1) is 12.8. The van der Waals surface area contributed by atoms with Crippen molar-refractivity contribution in [3.63, 3.8) is 0 Å². The van der Waals surface area contributed by atoms with Crippen LogP contribution in [-0.4, -0.2) is 30.5 Å². The second-order valence-corrected chi connectivity index (χ2v) is 8.98. The molecule has 0 spiro atoms. The fraction of sp³-hybridized carbons (Fsp3) is 0.500. The minimum absolute atomic E-state index is 0.0258. The molecule has 0 saturated heterocycles. The zero-order chi connectivity index (χ0) is 19.6. The zero-order valence-electron chi connectivity index (χ0n) is 16.3. The third-order valence-electron chi connectivity index (χ3n) is 5.38. The highest BCUT2D eigenvalue weighted by Gasteiger charge is 2.29. The summed E-state index contributed by atoms with van der Waals surface area (Å²) in [6, 6.07) is 4.09. The maximum Gasteiger partial charge on any atom is 0.316 e. The maximum atomic E-state index is 13.1. The lowest BCUT2D eigenvalue weighted by atomic mass is 9.94. The summed E-state index contributed by atoms with van der Waals surface area (Å²) in [6.45, 7) is 7.66. The molecule has 0 unspecified atom stereocenters. The summed E-state index contributed by atoms with van der Waals surface area (Å²) in [5.41, 5.74) is 3.64. The van der Waals surface area contributed by atoms with Crippen molar-refractivity contribution in [3.8, 4) is 6.01 Å². The predicted molar refractivity (Wildman–Crippen MR) is 104 cm³/mol. The molecule has 146 valence electrons. The van der Waals surface area contributed by atoms with E-state index in [1.165, 1.54) is 0 Å². The van der Waals surface area contributed by atoms with Crippen LogP contribution in [-0.2, 0) is 10.0 Å². The maximum absolute atomic E-state index is 13.1. The molecule has 1 aromatic heterocycles. The summed E-state index contributed by atoms with van der Waals surface area (Å²) in [6.07, 6.45) is 6.34. The van der Waals surface area contributed by atoms with Gasteiger partial charge in [0.2, 0.25) is 10.0 Å². The average Bonchev–Trinajstić information content (AvgIpc) is 2.62. The van der Waals surface area contributed by atoms with Crippen molar-refractivity contribution < 1.29 is 13.2 Å². The van der Waals surface area contributed by atoms with E-state index >= 15 is 0 Å². The Balaban J connectivity index is 1.67. The summed E-state index contributed by atoms with van der Waals surface area (Å²) < 4.78 is 34.8. The quantitative estimate of drug-likeness (QED) is 0.848. The van der Waals surface area contributed by atoms with Crippen molar-refractivity contribution in [1.82, 2.24) is 14.7 Å². The minimum atomic E-state index is -3.56. The lowest BCUT2D eigenvalue weighted by Gasteiger charge is -2.29. The van der Waals surface area contributed by atoms with Crippen LogP contribution in [0.1, 0.15) is 47.9 Å². The van der Waals surface area contributed by atoms with Gasteiger partial charge in [-0.2, -0.15) is 0 Å². The number of aromatic nitrogens is 2. The minimum Gasteiger partial charge on any atom is -0.460 e. The number of nitrogens with one attached hydrogen (secondary N) is 1. The van der Waals surface area contributed by atoms with Gasteiger partial charge in [0.05, 0.1) is 4.90 Å². The molecular formula is C20H27N3O3S. The highest BCUT2D eigenvalue weighted by molar-refractivity contribution is 7.89. The summed E-state index contributed by atoms with van der Waals surface area (Å²) in [7, 11) is -3.56. The van der Waals surface area contributed by atoms with Crippen molar-refractivity contribution in [2.75, 3.05) is 0 Å². The molecule has 1 fully saturated rings. The van der Waals surface area contributed by atoms with Crippen LogP contribution in [0.3, 0.4) is 0 Å². The molecule has 0 amide bonds. The highest BCUT2D eigenvalue weighted by atomic mass is 32.2. The van der Waals surface area contributed by atoms with Crippen molar-refractivity contribution >= 4 is 10.0 Å². The van der Waals surface area contributed by atoms with Gasteiger partial charge in [-0.3, -0.25) is 0 Å². The summed E-state index contributed by atoms with van der Waals surface area (Å²) in [4.78, 5) is 8.59. The molecule has 1 aliphatic carbocycles. The Hall–Kier alpha value is -1.99. The Morgan fingerprint density at radius 3 is 2.07 bits per heavy atom. The number of nitrogens with zero attached hydrogens (tertiary/aromatic N) is 2. The molecule has 0 bridgehead atoms. The number of ether oxygens (including phenoxy) is 1. The molecule has 2 aromatic rings. The number of hydrogen-bond donors (Lipinski definition) is 1. The van der Waals surface area contributed by atoms with Crippen molar-refractivity contribution in [3.05, 3.63) is 46.8 Å². The summed E-state index contributed by atoms with van der Waals surface area (Å²) in [5.74, 6) is 0. The van der Waals surface area contributed by atoms with Gasteiger partial charge in [-0.05, 0) is 81.7 Å². The van der Waals surface area contributed by atoms with Gasteiger partial charge in [0, 0.05) is 18.4 Å². The second-order valence-electron chi connectivity index (χ2n) is 7.33. The second kappa shape index (κ2) is 7.94. The first kappa shape index (κ1) is 19.8. The number of rotatable bonds is 5. The highest BCUT2D eigenvalue weighted by Crippen LogP contribution is 2.28. The number of sulfonamides is 1. The van der Waals surface area contributed by atoms with Gasteiger partial charge >= 0.3 is 6.01 Å². The largest absolute Gasteiger partial charge is 0.460 e. The standard InChI is InChI=1S/C20H27N3O3S/c1-13-12-14(2)16(4)19(15(13)3)27(24,25)23-17-6-8-18(9-7-17)26-20-21-10-5-11-22-20/h5,10-12,17-18,23H,6-9H2,1-4H3. The van der Waals surface area contributed by atoms with E-state index in [-0.39, 0.29) is 12.1 Å². The van der Waals surface area contributed by atoms with E-state index in [1.54, 1.807) is 18.5 Å². The van der Waals surface area contributed by atoms with Crippen LogP contribution >= 0.6 is 0 Å². The number of aryl methyl sites for hydroxylation is 2. The Labute approximate surface area is 161 Å². The van der Waals surface area contributed by atoms with Crippen LogP contribution in [0.25, 0.3) is 0 Å². The first-order valence-corrected chi connectivity index (χ1v) is 10.8. The van der Waals surface area contributed by atoms with E-state index in [2.05, 4.69) is 14.7 Å². The van der Waals surface area contributed by atoms with Crippen molar-refractivity contribution in [1.29, 1.82) is 0 Å². The van der Waals surface area contributed by atoms with Crippen molar-refractivity contribution in [2.24, 2.45) is 0 Å². The SMILES string of the molecule is Cc1cc(C)c(C)c(S(=O)(=O)NC2CCC(Oc3ncccn3)CC2)c1C. The Kier molecular flexibility index (Phi) is 5.81. The fourth-order valence-electron chi connectivity index (χ4n) is 3.66. The van der Waals surface area contributed by atoms with E-state index in [0.29, 0.717) is 10.9 Å². The van der Waals surface area contributed by atoms with Gasteiger partial charge in [0.15, 0.2) is 0 Å². The molecule has 3 rings (SSSR count). The van der Waals surface area contributed by atoms with Crippen LogP contribution in [0.4, 0.5) is 0 Å². The molecule has 1 saturated carbocycles. The Morgan fingerprint density at radius 2 is 1.52 bits per heavy atom. The van der Waals surface area contributed by atoms with Gasteiger partial charge in [-0.1, -0.05) is 6.07 Å². The number of hydrogen-bond acceptors (Lipinski definition) is 5. The molecule has 0 radical (unpaired) electrons. The predicted octanol–water partition coefficient (Wildman–Crippen LogP) is 3.38. The molecule has 1 aromatic carbocycles. The van der Waals surface area contributed by atoms with Gasteiger partial charge in [-0.15, -0.1) is 0 Å². The molecule has 6 nitrogen and oxygen atoms in total. The summed E-state index contributed by atoms with van der Waals surface area (Å²) in [5, 5.41) is 0. The van der Waals surface area contributed by atoms with Crippen LogP contribution < -0.4 is 9.46 Å². The van der Waals surface area contributed by atoms with E-state index in [0.717, 1.165) is 47.9 Å². The van der Waals surface area contributed by atoms with Crippen molar-refractivity contribution in [2.45, 2.75) is 70.4 Å². The number of benzene rings is 1. The van der Waals surface area contributed by atoms with Crippen LogP contribution in [0.5, 0.6) is 6.01 Å². The molecule has 7 heteroatoms. The van der Waals surface area contributed by atoms with Gasteiger partial charge in [0.1, 0.15) is 6.10 Å². The molecule has 1 aliphatic rings. The zero-order valence-corrected chi connectivity index (χ0v) is 17.1. The van der Waals surface area contributed by atoms with Crippen LogP contribution in [0.2, 0.25) is 0 Å². The smallest absolute Gasteiger partial charge is 0.316 e. The lowest BCUT2D eigenvalue weighted by Crippen LogP contribution is -2.40. The molecular weight excluding hydrogens is 362 g/mol. The third kappa shape index (κ3) is 4.47. The molecule has 1 heterocycles. The van der Waals surface area contributed by atoms with Gasteiger partial charge < -0.3 is 4.74 Å². The molecule has 1 N–H and O–H groups in total. The van der Waals surface area contributed by atoms with E-state index in [9.17, 15) is 8.42 Å². The average molecular weight is 390 g/mol. The fourth-order valence-corrected chi connectivity index (χ4v) is 5.58. The monoisotopic (exact) mass is 389 g/mol. The van der Waals surface area contributed by atoms with Crippen LogP contribution in [0.15, 0.2) is 29.4 Å². The molecule has 27 heavy (non-hydrogen) atoms. The summed E-state index contributed by atoms with van der Waals surface area (Å²) >= 11 is 0. The third-order valence-corrected chi connectivity index (χ3v) is 7.17. The van der Waals surface area contributed by atoms with E-state index in [4.69, 9.17) is 4.74 Å². The Morgan fingerprint density at radius 1 is 0.963 bits per heavy atom. The van der Waals surface area contributed by atoms with E-state index in [1.807, 2.05) is 33.8 Å². The van der Waals surface area contributed by atoms with Gasteiger partial charge in [0.25, 0.3) is 0 Å². The first-order valence-electron chi connectivity index (χ1n) is 9.31. The topological polar surface area (TPSA) is 81.2 Å². The normalized spacial score (nSPS) is 20.4. The molecule has 0 atom stereocenters. The Bertz CT molecular complexity index is 880. The lowest BCUT2D eigenvalue weighted by molar-refractivity contribution is 0.132. The molecule has 0 aliphatic heterocycles.